The molecule has 1 N–H and O–H groups in total. The first-order valence-electron chi connectivity index (χ1n) is 6.43. The number of benzene rings is 1. The first kappa shape index (κ1) is 14.2. The molecule has 0 radical (unpaired) electrons. The maximum absolute atomic E-state index is 12.1. The van der Waals surface area contributed by atoms with Crippen LogP contribution in [-0.2, 0) is 13.8 Å². The van der Waals surface area contributed by atoms with Gasteiger partial charge in [0.1, 0.15) is 0 Å². The van der Waals surface area contributed by atoms with Gasteiger partial charge in [0.05, 0.1) is 15.6 Å². The van der Waals surface area contributed by atoms with Gasteiger partial charge in [-0.1, -0.05) is 18.0 Å². The summed E-state index contributed by atoms with van der Waals surface area (Å²) in [6.07, 6.45) is 3.46. The minimum atomic E-state index is -3.81. The monoisotopic (exact) mass is 333 g/mol. The Labute approximate surface area is 126 Å². The molecule has 0 spiro atoms. The molecular formula is C13H13Cl2NO3S. The van der Waals surface area contributed by atoms with E-state index in [4.69, 9.17) is 22.3 Å². The number of carbonyl (C=O) groups excluding carboxylic acids is 1. The lowest BCUT2D eigenvalue weighted by atomic mass is 10.1. The standard InChI is InChI=1S/C13H13Cl2NO3S/c14-10-6-7(20(15,18)19)4-5-11(10)16-13(17)12-8-2-1-3-9(8)12/h4-6,8-9,12H,1-3H2,(H,16,17). The molecule has 2 fully saturated rings. The lowest BCUT2D eigenvalue weighted by molar-refractivity contribution is -0.118. The van der Waals surface area contributed by atoms with Gasteiger partial charge in [-0.3, -0.25) is 4.79 Å². The summed E-state index contributed by atoms with van der Waals surface area (Å²) in [5.74, 6) is 1.12. The molecule has 108 valence electrons. The Hall–Kier alpha value is -0.780. The van der Waals surface area contributed by atoms with Crippen molar-refractivity contribution in [2.24, 2.45) is 17.8 Å². The van der Waals surface area contributed by atoms with Crippen LogP contribution in [-0.4, -0.2) is 14.3 Å². The van der Waals surface area contributed by atoms with Gasteiger partial charge in [0, 0.05) is 16.6 Å². The smallest absolute Gasteiger partial charge is 0.261 e. The van der Waals surface area contributed by atoms with Crippen molar-refractivity contribution in [3.8, 4) is 0 Å². The van der Waals surface area contributed by atoms with Crippen molar-refractivity contribution in [1.82, 2.24) is 0 Å². The third-order valence-corrected chi connectivity index (χ3v) is 5.85. The summed E-state index contributed by atoms with van der Waals surface area (Å²) in [5, 5.41) is 2.94. The van der Waals surface area contributed by atoms with E-state index in [0.717, 1.165) is 12.8 Å². The van der Waals surface area contributed by atoms with E-state index in [1.54, 1.807) is 0 Å². The summed E-state index contributed by atoms with van der Waals surface area (Å²) in [6, 6.07) is 4.04. The lowest BCUT2D eigenvalue weighted by Gasteiger charge is -2.09. The summed E-state index contributed by atoms with van der Waals surface area (Å²) in [4.78, 5) is 12.0. The van der Waals surface area contributed by atoms with Crippen LogP contribution in [0.3, 0.4) is 0 Å². The molecule has 1 aromatic carbocycles. The molecule has 4 nitrogen and oxygen atoms in total. The second kappa shape index (κ2) is 4.90. The second-order valence-electron chi connectivity index (χ2n) is 5.35. The lowest BCUT2D eigenvalue weighted by Crippen LogP contribution is -2.16. The van der Waals surface area contributed by atoms with Crippen molar-refractivity contribution in [3.05, 3.63) is 23.2 Å². The minimum absolute atomic E-state index is 0.0249. The summed E-state index contributed by atoms with van der Waals surface area (Å²) in [6.45, 7) is 0. The summed E-state index contributed by atoms with van der Waals surface area (Å²) in [5.41, 5.74) is 0.422. The van der Waals surface area contributed by atoms with Crippen LogP contribution in [0, 0.1) is 17.8 Å². The Morgan fingerprint density at radius 3 is 2.45 bits per heavy atom. The van der Waals surface area contributed by atoms with Crippen LogP contribution in [0.15, 0.2) is 23.1 Å². The van der Waals surface area contributed by atoms with Crippen LogP contribution in [0.25, 0.3) is 0 Å². The maximum Gasteiger partial charge on any atom is 0.261 e. The number of fused-ring (bicyclic) bond motifs is 1. The zero-order chi connectivity index (χ0) is 14.5. The van der Waals surface area contributed by atoms with Crippen LogP contribution in [0.2, 0.25) is 5.02 Å². The van der Waals surface area contributed by atoms with Crippen molar-refractivity contribution < 1.29 is 13.2 Å². The average molecular weight is 334 g/mol. The molecule has 0 heterocycles. The maximum atomic E-state index is 12.1. The molecule has 2 unspecified atom stereocenters. The van der Waals surface area contributed by atoms with Gasteiger partial charge in [-0.05, 0) is 42.9 Å². The predicted molar refractivity (Wildman–Crippen MR) is 77.4 cm³/mol. The zero-order valence-electron chi connectivity index (χ0n) is 10.5. The van der Waals surface area contributed by atoms with E-state index in [9.17, 15) is 13.2 Å². The highest BCUT2D eigenvalue weighted by Crippen LogP contribution is 2.57. The van der Waals surface area contributed by atoms with Gasteiger partial charge in [0.15, 0.2) is 0 Å². The number of rotatable bonds is 3. The quantitative estimate of drug-likeness (QED) is 0.863. The second-order valence-corrected chi connectivity index (χ2v) is 8.33. The molecule has 1 aromatic rings. The van der Waals surface area contributed by atoms with Crippen molar-refractivity contribution in [3.63, 3.8) is 0 Å². The molecule has 0 bridgehead atoms. The Morgan fingerprint density at radius 1 is 1.25 bits per heavy atom. The van der Waals surface area contributed by atoms with Crippen LogP contribution < -0.4 is 5.32 Å². The fourth-order valence-corrected chi connectivity index (χ4v) is 4.24. The molecule has 2 aliphatic carbocycles. The van der Waals surface area contributed by atoms with Crippen LogP contribution in [0.1, 0.15) is 19.3 Å². The van der Waals surface area contributed by atoms with E-state index < -0.39 is 9.05 Å². The Morgan fingerprint density at radius 2 is 1.90 bits per heavy atom. The third-order valence-electron chi connectivity index (χ3n) is 4.19. The number of halogens is 2. The van der Waals surface area contributed by atoms with Crippen LogP contribution >= 0.6 is 22.3 Å². The molecule has 1 amide bonds. The SMILES string of the molecule is O=C(Nc1ccc(S(=O)(=O)Cl)cc1Cl)C1C2CCCC21. The molecule has 2 aliphatic rings. The average Bonchev–Trinajstić information content (AvgIpc) is 2.84. The van der Waals surface area contributed by atoms with Gasteiger partial charge in [0.2, 0.25) is 5.91 Å². The van der Waals surface area contributed by atoms with E-state index in [-0.39, 0.29) is 21.7 Å². The summed E-state index contributed by atoms with van der Waals surface area (Å²) >= 11 is 5.99. The van der Waals surface area contributed by atoms with Crippen molar-refractivity contribution in [2.75, 3.05) is 5.32 Å². The highest BCUT2D eigenvalue weighted by Gasteiger charge is 2.56. The predicted octanol–water partition coefficient (Wildman–Crippen LogP) is 3.25. The van der Waals surface area contributed by atoms with Gasteiger partial charge < -0.3 is 5.32 Å². The molecule has 0 aromatic heterocycles. The Balaban J connectivity index is 1.73. The normalized spacial score (nSPS) is 28.0. The minimum Gasteiger partial charge on any atom is -0.325 e. The molecular weight excluding hydrogens is 321 g/mol. The highest BCUT2D eigenvalue weighted by atomic mass is 35.7. The van der Waals surface area contributed by atoms with Gasteiger partial charge in [-0.15, -0.1) is 0 Å². The van der Waals surface area contributed by atoms with E-state index in [1.165, 1.54) is 24.6 Å². The van der Waals surface area contributed by atoms with E-state index >= 15 is 0 Å². The van der Waals surface area contributed by atoms with E-state index in [0.29, 0.717) is 17.5 Å². The van der Waals surface area contributed by atoms with Crippen molar-refractivity contribution in [1.29, 1.82) is 0 Å². The van der Waals surface area contributed by atoms with E-state index in [2.05, 4.69) is 5.32 Å². The van der Waals surface area contributed by atoms with Gasteiger partial charge in [0.25, 0.3) is 9.05 Å². The van der Waals surface area contributed by atoms with Crippen LogP contribution in [0.5, 0.6) is 0 Å². The van der Waals surface area contributed by atoms with Crippen molar-refractivity contribution in [2.45, 2.75) is 24.2 Å². The zero-order valence-corrected chi connectivity index (χ0v) is 12.8. The van der Waals surface area contributed by atoms with E-state index in [1.807, 2.05) is 0 Å². The Bertz CT molecular complexity index is 664. The van der Waals surface area contributed by atoms with Gasteiger partial charge >= 0.3 is 0 Å². The van der Waals surface area contributed by atoms with Crippen LogP contribution in [0.4, 0.5) is 5.69 Å². The number of amides is 1. The summed E-state index contributed by atoms with van der Waals surface area (Å²) in [7, 11) is 1.43. The highest BCUT2D eigenvalue weighted by molar-refractivity contribution is 8.13. The van der Waals surface area contributed by atoms with Crippen molar-refractivity contribution >= 4 is 42.9 Å². The van der Waals surface area contributed by atoms with Gasteiger partial charge in [-0.25, -0.2) is 8.42 Å². The molecule has 0 aliphatic heterocycles. The number of hydrogen-bond donors (Lipinski definition) is 1. The molecule has 7 heteroatoms. The fourth-order valence-electron chi connectivity index (χ4n) is 3.18. The van der Waals surface area contributed by atoms with Gasteiger partial charge in [-0.2, -0.15) is 0 Å². The molecule has 20 heavy (non-hydrogen) atoms. The molecule has 3 rings (SSSR count). The third kappa shape index (κ3) is 2.54. The largest absolute Gasteiger partial charge is 0.325 e. The number of anilines is 1. The first-order chi connectivity index (χ1) is 9.38. The number of carbonyl (C=O) groups is 1. The Kier molecular flexibility index (Phi) is 3.47. The molecule has 2 saturated carbocycles. The fraction of sp³-hybridized carbons (Fsp3) is 0.462. The number of nitrogens with one attached hydrogen (secondary N) is 1. The molecule has 2 atom stereocenters. The first-order valence-corrected chi connectivity index (χ1v) is 9.12. The summed E-state index contributed by atoms with van der Waals surface area (Å²) < 4.78 is 22.4. The topological polar surface area (TPSA) is 63.2 Å². The number of hydrogen-bond acceptors (Lipinski definition) is 3. The molecule has 0 saturated heterocycles.